The Morgan fingerprint density at radius 2 is 1.79 bits per heavy atom. The Kier molecular flexibility index (Phi) is 6.00. The highest BCUT2D eigenvalue weighted by Crippen LogP contribution is 2.22. The van der Waals surface area contributed by atoms with E-state index in [1.807, 2.05) is 42.9 Å². The molecule has 4 aromatic rings. The van der Waals surface area contributed by atoms with Crippen LogP contribution in [0.4, 0.5) is 0 Å². The van der Waals surface area contributed by atoms with Gasteiger partial charge in [0.05, 0.1) is 12.6 Å². The van der Waals surface area contributed by atoms with Crippen LogP contribution in [0.5, 0.6) is 5.75 Å². The fourth-order valence-corrected chi connectivity index (χ4v) is 3.31. The lowest BCUT2D eigenvalue weighted by Crippen LogP contribution is -2.13. The molecule has 0 aliphatic carbocycles. The lowest BCUT2D eigenvalue weighted by Gasteiger charge is -2.17. The highest BCUT2D eigenvalue weighted by Gasteiger charge is 2.16. The molecule has 0 unspecified atom stereocenters. The number of aryl methyl sites for hydroxylation is 1. The number of H-pyrrole nitrogens is 1. The number of hydrogen-bond donors (Lipinski definition) is 1. The molecule has 6 nitrogen and oxygen atoms in total. The van der Waals surface area contributed by atoms with Gasteiger partial charge in [-0.25, -0.2) is 4.98 Å². The van der Waals surface area contributed by atoms with Gasteiger partial charge in [-0.1, -0.05) is 25.1 Å². The molecule has 0 spiro atoms. The van der Waals surface area contributed by atoms with E-state index in [0.717, 1.165) is 36.5 Å². The Bertz CT molecular complexity index is 943. The molecule has 0 amide bonds. The van der Waals surface area contributed by atoms with Gasteiger partial charge in [0.15, 0.2) is 0 Å². The van der Waals surface area contributed by atoms with Gasteiger partial charge < -0.3 is 9.30 Å². The van der Waals surface area contributed by atoms with Crippen molar-refractivity contribution >= 4 is 0 Å². The highest BCUT2D eigenvalue weighted by molar-refractivity contribution is 5.28. The Labute approximate surface area is 170 Å². The topological polar surface area (TPSA) is 68.6 Å². The van der Waals surface area contributed by atoms with E-state index < -0.39 is 0 Å². The summed E-state index contributed by atoms with van der Waals surface area (Å²) in [6.07, 6.45) is 10.2. The summed E-state index contributed by atoms with van der Waals surface area (Å²) < 4.78 is 8.04. The van der Waals surface area contributed by atoms with Crippen molar-refractivity contribution < 1.29 is 4.74 Å². The Morgan fingerprint density at radius 1 is 1.00 bits per heavy atom. The molecular formula is C23H25N5O. The van der Waals surface area contributed by atoms with Crippen molar-refractivity contribution in [3.8, 4) is 5.75 Å². The Balaban J connectivity index is 1.34. The number of ether oxygens (including phenoxy) is 1. The second-order valence-electron chi connectivity index (χ2n) is 6.97. The molecule has 0 bridgehead atoms. The highest BCUT2D eigenvalue weighted by atomic mass is 16.5. The molecule has 4 rings (SSSR count). The van der Waals surface area contributed by atoms with Crippen molar-refractivity contribution in [1.82, 2.24) is 24.7 Å². The van der Waals surface area contributed by atoms with Crippen LogP contribution in [0.3, 0.4) is 0 Å². The summed E-state index contributed by atoms with van der Waals surface area (Å²) in [5.41, 5.74) is 3.53. The largest absolute Gasteiger partial charge is 0.493 e. The smallest absolute Gasteiger partial charge is 0.147 e. The fourth-order valence-electron chi connectivity index (χ4n) is 3.31. The second-order valence-corrected chi connectivity index (χ2v) is 6.97. The van der Waals surface area contributed by atoms with E-state index in [-0.39, 0.29) is 6.04 Å². The minimum Gasteiger partial charge on any atom is -0.493 e. The monoisotopic (exact) mass is 387 g/mol. The zero-order chi connectivity index (χ0) is 19.9. The average Bonchev–Trinajstić information content (AvgIpc) is 3.48. The van der Waals surface area contributed by atoms with Crippen molar-refractivity contribution in [2.24, 2.45) is 0 Å². The minimum atomic E-state index is 0.0800. The van der Waals surface area contributed by atoms with Gasteiger partial charge in [-0.2, -0.15) is 5.10 Å². The predicted molar refractivity (Wildman–Crippen MR) is 112 cm³/mol. The summed E-state index contributed by atoms with van der Waals surface area (Å²) in [7, 11) is 0. The van der Waals surface area contributed by atoms with E-state index >= 15 is 0 Å². The van der Waals surface area contributed by atoms with Gasteiger partial charge in [0.1, 0.15) is 17.9 Å². The van der Waals surface area contributed by atoms with Gasteiger partial charge in [0, 0.05) is 37.1 Å². The van der Waals surface area contributed by atoms with Crippen molar-refractivity contribution in [1.29, 1.82) is 0 Å². The zero-order valence-electron chi connectivity index (χ0n) is 16.5. The third-order valence-corrected chi connectivity index (χ3v) is 5.01. The first-order valence-corrected chi connectivity index (χ1v) is 9.95. The summed E-state index contributed by atoms with van der Waals surface area (Å²) in [4.78, 5) is 8.83. The summed E-state index contributed by atoms with van der Waals surface area (Å²) in [6, 6.07) is 16.6. The minimum absolute atomic E-state index is 0.0800. The third kappa shape index (κ3) is 4.90. The van der Waals surface area contributed by atoms with Crippen LogP contribution in [-0.2, 0) is 19.3 Å². The van der Waals surface area contributed by atoms with Crippen molar-refractivity contribution in [3.05, 3.63) is 96.1 Å². The molecule has 3 heterocycles. The molecular weight excluding hydrogens is 362 g/mol. The molecule has 1 aromatic carbocycles. The van der Waals surface area contributed by atoms with Crippen LogP contribution in [0, 0.1) is 0 Å². The van der Waals surface area contributed by atoms with Crippen LogP contribution in [0.1, 0.15) is 35.6 Å². The van der Waals surface area contributed by atoms with Gasteiger partial charge >= 0.3 is 0 Å². The molecule has 3 aromatic heterocycles. The maximum atomic E-state index is 5.90. The number of rotatable bonds is 9. The maximum absolute atomic E-state index is 5.90. The number of hydrogen-bond acceptors (Lipinski definition) is 4. The molecule has 0 saturated heterocycles. The Morgan fingerprint density at radius 3 is 2.45 bits per heavy atom. The van der Waals surface area contributed by atoms with Crippen LogP contribution in [0.2, 0.25) is 0 Å². The number of pyridine rings is 1. The number of aromatic nitrogens is 5. The molecule has 0 aliphatic rings. The summed E-state index contributed by atoms with van der Waals surface area (Å²) in [5, 5.41) is 7.00. The molecule has 0 saturated carbocycles. The van der Waals surface area contributed by atoms with Crippen LogP contribution in [-0.4, -0.2) is 31.3 Å². The van der Waals surface area contributed by atoms with Crippen molar-refractivity contribution in [3.63, 3.8) is 0 Å². The van der Waals surface area contributed by atoms with Crippen molar-refractivity contribution in [2.75, 3.05) is 6.61 Å². The van der Waals surface area contributed by atoms with E-state index in [1.165, 1.54) is 11.1 Å². The van der Waals surface area contributed by atoms with Gasteiger partial charge in [-0.05, 0) is 47.9 Å². The average molecular weight is 387 g/mol. The van der Waals surface area contributed by atoms with Crippen LogP contribution >= 0.6 is 0 Å². The van der Waals surface area contributed by atoms with Crippen LogP contribution in [0.25, 0.3) is 0 Å². The normalized spacial score (nSPS) is 12.0. The van der Waals surface area contributed by atoms with E-state index in [4.69, 9.17) is 4.74 Å². The van der Waals surface area contributed by atoms with Gasteiger partial charge in [0.25, 0.3) is 0 Å². The number of nitrogens with zero attached hydrogens (tertiary/aromatic N) is 4. The summed E-state index contributed by atoms with van der Waals surface area (Å²) >= 11 is 0. The molecule has 1 N–H and O–H groups in total. The van der Waals surface area contributed by atoms with Gasteiger partial charge in [-0.3, -0.25) is 10.1 Å². The van der Waals surface area contributed by atoms with Crippen molar-refractivity contribution in [2.45, 2.75) is 32.2 Å². The number of nitrogens with one attached hydrogen (secondary N) is 1. The third-order valence-electron chi connectivity index (χ3n) is 5.01. The SMILES string of the molecule is CCc1ccc(CCOc2ccc(C[C@H](c3ncn[nH]3)n3cccc3)cc2)nc1. The second kappa shape index (κ2) is 9.19. The molecule has 0 radical (unpaired) electrons. The van der Waals surface area contributed by atoms with Crippen LogP contribution < -0.4 is 4.74 Å². The molecule has 29 heavy (non-hydrogen) atoms. The first-order valence-electron chi connectivity index (χ1n) is 9.95. The van der Waals surface area contributed by atoms with E-state index in [0.29, 0.717) is 6.61 Å². The van der Waals surface area contributed by atoms with E-state index in [2.05, 4.69) is 55.9 Å². The molecule has 6 heteroatoms. The number of aromatic amines is 1. The molecule has 0 fully saturated rings. The number of benzene rings is 1. The van der Waals surface area contributed by atoms with E-state index in [9.17, 15) is 0 Å². The first-order chi connectivity index (χ1) is 14.3. The maximum Gasteiger partial charge on any atom is 0.147 e. The summed E-state index contributed by atoms with van der Waals surface area (Å²) in [5.74, 6) is 1.72. The van der Waals surface area contributed by atoms with E-state index in [1.54, 1.807) is 6.33 Å². The Hall–Kier alpha value is -3.41. The molecule has 148 valence electrons. The predicted octanol–water partition coefficient (Wildman–Crippen LogP) is 4.02. The first kappa shape index (κ1) is 18.9. The standard InChI is InChI=1S/C23H25N5O/c1-2-18-5-8-20(24-16-18)11-14-29-21-9-6-19(7-10-21)15-22(23-25-17-26-27-23)28-12-3-4-13-28/h3-10,12-13,16-17,22H,2,11,14-15H2,1H3,(H,25,26,27)/t22-/m1/s1. The zero-order valence-corrected chi connectivity index (χ0v) is 16.5. The quantitative estimate of drug-likeness (QED) is 0.471. The molecule has 0 aliphatic heterocycles. The van der Waals surface area contributed by atoms with Gasteiger partial charge in [0.2, 0.25) is 0 Å². The summed E-state index contributed by atoms with van der Waals surface area (Å²) in [6.45, 7) is 2.75. The van der Waals surface area contributed by atoms with Crippen LogP contribution in [0.15, 0.2) is 73.4 Å². The molecule has 1 atom stereocenters. The van der Waals surface area contributed by atoms with Gasteiger partial charge in [-0.15, -0.1) is 0 Å². The fraction of sp³-hybridized carbons (Fsp3) is 0.261. The lowest BCUT2D eigenvalue weighted by molar-refractivity contribution is 0.320. The lowest BCUT2D eigenvalue weighted by atomic mass is 10.1.